The molecule has 0 fully saturated rings. The topological polar surface area (TPSA) is 22.1 Å². The van der Waals surface area contributed by atoms with Crippen LogP contribution in [0.4, 0.5) is 0 Å². The Kier molecular flexibility index (Phi) is 4.99. The van der Waals surface area contributed by atoms with Gasteiger partial charge in [-0.2, -0.15) is 0 Å². The van der Waals surface area contributed by atoms with E-state index in [0.717, 1.165) is 33.5 Å². The molecule has 0 unspecified atom stereocenters. The average Bonchev–Trinajstić information content (AvgIpc) is 2.89. The van der Waals surface area contributed by atoms with Crippen molar-refractivity contribution in [1.29, 1.82) is 0 Å². The third kappa shape index (κ3) is 4.12. The van der Waals surface area contributed by atoms with E-state index in [1.165, 1.54) is 10.4 Å². The van der Waals surface area contributed by atoms with E-state index in [1.54, 1.807) is 11.3 Å². The molecule has 0 spiro atoms. The summed E-state index contributed by atoms with van der Waals surface area (Å²) in [6.07, 6.45) is 0.866. The van der Waals surface area contributed by atoms with Gasteiger partial charge < -0.3 is 4.74 Å². The molecule has 0 saturated carbocycles. The molecule has 2 nitrogen and oxygen atoms in total. The fourth-order valence-corrected chi connectivity index (χ4v) is 3.52. The van der Waals surface area contributed by atoms with Crippen molar-refractivity contribution in [3.63, 3.8) is 0 Å². The Bertz CT molecular complexity index is 795. The summed E-state index contributed by atoms with van der Waals surface area (Å²) in [4.78, 5) is 5.94. The maximum atomic E-state index is 5.94. The third-order valence-corrected chi connectivity index (χ3v) is 5.09. The molecule has 0 radical (unpaired) electrons. The molecule has 2 aromatic carbocycles. The molecule has 23 heavy (non-hydrogen) atoms. The van der Waals surface area contributed by atoms with E-state index < -0.39 is 0 Å². The lowest BCUT2D eigenvalue weighted by atomic mass is 10.2. The first kappa shape index (κ1) is 16.0. The maximum absolute atomic E-state index is 5.94. The molecule has 4 heteroatoms. The maximum Gasteiger partial charge on any atom is 0.123 e. The molecular formula is C19H18ClNOS. The lowest BCUT2D eigenvalue weighted by Crippen LogP contribution is -2.01. The van der Waals surface area contributed by atoms with E-state index >= 15 is 0 Å². The zero-order chi connectivity index (χ0) is 16.2. The highest BCUT2D eigenvalue weighted by atomic mass is 35.5. The van der Waals surface area contributed by atoms with Gasteiger partial charge >= 0.3 is 0 Å². The minimum atomic E-state index is 0.659. The van der Waals surface area contributed by atoms with Crippen LogP contribution in [0.15, 0.2) is 48.5 Å². The molecule has 0 aliphatic carbocycles. The van der Waals surface area contributed by atoms with Gasteiger partial charge in [-0.05, 0) is 43.7 Å². The van der Waals surface area contributed by atoms with Crippen LogP contribution in [0.2, 0.25) is 5.02 Å². The van der Waals surface area contributed by atoms with E-state index in [-0.39, 0.29) is 0 Å². The van der Waals surface area contributed by atoms with Gasteiger partial charge in [-0.15, -0.1) is 11.3 Å². The third-order valence-electron chi connectivity index (χ3n) is 3.57. The summed E-state index contributed by atoms with van der Waals surface area (Å²) in [7, 11) is 0. The van der Waals surface area contributed by atoms with Crippen molar-refractivity contribution in [2.24, 2.45) is 0 Å². The molecule has 0 amide bonds. The number of hydrogen-bond acceptors (Lipinski definition) is 3. The smallest absolute Gasteiger partial charge is 0.123 e. The molecule has 0 N–H and O–H groups in total. The number of halogens is 1. The van der Waals surface area contributed by atoms with Gasteiger partial charge in [-0.25, -0.2) is 4.98 Å². The second-order valence-electron chi connectivity index (χ2n) is 5.45. The molecule has 0 saturated heterocycles. The number of nitrogens with zero attached hydrogens (tertiary/aromatic N) is 1. The zero-order valence-electron chi connectivity index (χ0n) is 13.2. The number of hydrogen-bond donors (Lipinski definition) is 0. The van der Waals surface area contributed by atoms with Crippen molar-refractivity contribution in [3.8, 4) is 16.3 Å². The van der Waals surface area contributed by atoms with E-state index in [4.69, 9.17) is 16.3 Å². The van der Waals surface area contributed by atoms with Gasteiger partial charge in [0, 0.05) is 21.9 Å². The van der Waals surface area contributed by atoms with Gasteiger partial charge in [0.05, 0.1) is 12.3 Å². The Morgan fingerprint density at radius 1 is 1.09 bits per heavy atom. The number of aryl methyl sites for hydroxylation is 2. The Morgan fingerprint density at radius 2 is 1.87 bits per heavy atom. The second-order valence-corrected chi connectivity index (χ2v) is 6.97. The fourth-order valence-electron chi connectivity index (χ4n) is 2.34. The van der Waals surface area contributed by atoms with Crippen LogP contribution in [0, 0.1) is 13.8 Å². The largest absolute Gasteiger partial charge is 0.493 e. The Hall–Kier alpha value is -1.84. The van der Waals surface area contributed by atoms with Gasteiger partial charge in [0.1, 0.15) is 10.8 Å². The highest BCUT2D eigenvalue weighted by molar-refractivity contribution is 7.15. The summed E-state index contributed by atoms with van der Waals surface area (Å²) in [6, 6.07) is 15.9. The first-order valence-electron chi connectivity index (χ1n) is 7.53. The van der Waals surface area contributed by atoms with Crippen LogP contribution in [0.25, 0.3) is 10.6 Å². The molecule has 1 aromatic heterocycles. The highest BCUT2D eigenvalue weighted by Gasteiger charge is 2.09. The van der Waals surface area contributed by atoms with Crippen LogP contribution in [0.3, 0.4) is 0 Å². The van der Waals surface area contributed by atoms with Crippen LogP contribution in [-0.4, -0.2) is 11.6 Å². The molecule has 0 bridgehead atoms. The predicted octanol–water partition coefficient (Wildman–Crippen LogP) is 5.70. The van der Waals surface area contributed by atoms with E-state index in [1.807, 2.05) is 36.4 Å². The molecule has 3 aromatic rings. The summed E-state index contributed by atoms with van der Waals surface area (Å²) in [6.45, 7) is 4.78. The standard InChI is InChI=1S/C19H18ClNOS/c1-13-4-3-5-17(12-13)22-11-10-18-14(2)21-19(23-18)15-6-8-16(20)9-7-15/h3-9,12H,10-11H2,1-2H3. The monoisotopic (exact) mass is 343 g/mol. The fraction of sp³-hybridized carbons (Fsp3) is 0.211. The molecule has 0 aliphatic heterocycles. The van der Waals surface area contributed by atoms with Crippen molar-refractivity contribution >= 4 is 22.9 Å². The Labute approximate surface area is 145 Å². The van der Waals surface area contributed by atoms with E-state index in [9.17, 15) is 0 Å². The molecule has 3 rings (SSSR count). The second kappa shape index (κ2) is 7.16. The van der Waals surface area contributed by atoms with Crippen molar-refractivity contribution in [2.75, 3.05) is 6.61 Å². The van der Waals surface area contributed by atoms with Crippen LogP contribution in [0.1, 0.15) is 16.1 Å². The number of ether oxygens (including phenoxy) is 1. The minimum absolute atomic E-state index is 0.659. The summed E-state index contributed by atoms with van der Waals surface area (Å²) in [5.74, 6) is 0.921. The number of aromatic nitrogens is 1. The first-order valence-corrected chi connectivity index (χ1v) is 8.73. The Morgan fingerprint density at radius 3 is 2.61 bits per heavy atom. The first-order chi connectivity index (χ1) is 11.1. The van der Waals surface area contributed by atoms with E-state index in [0.29, 0.717) is 6.61 Å². The van der Waals surface area contributed by atoms with Crippen molar-refractivity contribution in [3.05, 3.63) is 69.7 Å². The summed E-state index contributed by atoms with van der Waals surface area (Å²) in [5.41, 5.74) is 3.39. The molecular weight excluding hydrogens is 326 g/mol. The molecule has 118 valence electrons. The van der Waals surface area contributed by atoms with Crippen LogP contribution in [0.5, 0.6) is 5.75 Å². The normalized spacial score (nSPS) is 10.7. The van der Waals surface area contributed by atoms with Gasteiger partial charge in [0.15, 0.2) is 0 Å². The lowest BCUT2D eigenvalue weighted by Gasteiger charge is -2.06. The van der Waals surface area contributed by atoms with Gasteiger partial charge in [-0.1, -0.05) is 35.9 Å². The van der Waals surface area contributed by atoms with Crippen LogP contribution in [-0.2, 0) is 6.42 Å². The number of thiazole rings is 1. The van der Waals surface area contributed by atoms with Gasteiger partial charge in [-0.3, -0.25) is 0 Å². The van der Waals surface area contributed by atoms with Crippen LogP contribution >= 0.6 is 22.9 Å². The average molecular weight is 344 g/mol. The highest BCUT2D eigenvalue weighted by Crippen LogP contribution is 2.29. The van der Waals surface area contributed by atoms with Crippen molar-refractivity contribution < 1.29 is 4.74 Å². The summed E-state index contributed by atoms with van der Waals surface area (Å²) < 4.78 is 5.84. The summed E-state index contributed by atoms with van der Waals surface area (Å²) >= 11 is 7.66. The lowest BCUT2D eigenvalue weighted by molar-refractivity contribution is 0.322. The van der Waals surface area contributed by atoms with Gasteiger partial charge in [0.2, 0.25) is 0 Å². The van der Waals surface area contributed by atoms with E-state index in [2.05, 4.69) is 31.0 Å². The predicted molar refractivity (Wildman–Crippen MR) is 97.7 cm³/mol. The van der Waals surface area contributed by atoms with Crippen molar-refractivity contribution in [2.45, 2.75) is 20.3 Å². The molecule has 1 heterocycles. The number of rotatable bonds is 5. The van der Waals surface area contributed by atoms with Crippen molar-refractivity contribution in [1.82, 2.24) is 4.98 Å². The van der Waals surface area contributed by atoms with Gasteiger partial charge in [0.25, 0.3) is 0 Å². The molecule has 0 aliphatic rings. The zero-order valence-corrected chi connectivity index (χ0v) is 14.7. The van der Waals surface area contributed by atoms with Crippen LogP contribution < -0.4 is 4.74 Å². The minimum Gasteiger partial charge on any atom is -0.493 e. The quantitative estimate of drug-likeness (QED) is 0.592. The summed E-state index contributed by atoms with van der Waals surface area (Å²) in [5, 5.41) is 1.78. The SMILES string of the molecule is Cc1cccc(OCCc2sc(-c3ccc(Cl)cc3)nc2C)c1. The Balaban J connectivity index is 1.66. The molecule has 0 atom stereocenters. The number of benzene rings is 2.